The lowest BCUT2D eigenvalue weighted by atomic mass is 9.69. The Hall–Kier alpha value is -2.18. The molecule has 0 saturated carbocycles. The van der Waals surface area contributed by atoms with Gasteiger partial charge in [-0.15, -0.1) is 0 Å². The quantitative estimate of drug-likeness (QED) is 0.336. The minimum atomic E-state index is -0.0163. The Kier molecular flexibility index (Phi) is 5.14. The largest absolute Gasteiger partial charge is 0.381 e. The topological polar surface area (TPSA) is 27.1 Å². The van der Waals surface area contributed by atoms with Crippen LogP contribution >= 0.6 is 22.6 Å². The van der Waals surface area contributed by atoms with Gasteiger partial charge in [-0.3, -0.25) is 4.98 Å². The molecule has 3 heterocycles. The lowest BCUT2D eigenvalue weighted by molar-refractivity contribution is 0.0634. The maximum Gasteiger partial charge on any atom is 0.0648 e. The van der Waals surface area contributed by atoms with Gasteiger partial charge in [-0.2, -0.15) is 0 Å². The van der Waals surface area contributed by atoms with Crippen LogP contribution in [0.25, 0.3) is 10.9 Å². The van der Waals surface area contributed by atoms with Gasteiger partial charge < -0.3 is 9.30 Å². The molecule has 2 aromatic heterocycles. The van der Waals surface area contributed by atoms with Crippen molar-refractivity contribution in [1.29, 1.82) is 0 Å². The molecular formula is C25H23IN2O. The van der Waals surface area contributed by atoms with Crippen molar-refractivity contribution in [2.45, 2.75) is 24.8 Å². The fraction of sp³-hybridized carbons (Fsp3) is 0.240. The second kappa shape index (κ2) is 7.92. The van der Waals surface area contributed by atoms with Crippen LogP contribution in [0.4, 0.5) is 0 Å². The van der Waals surface area contributed by atoms with E-state index in [0.717, 1.165) is 38.3 Å². The SMILES string of the molecule is Ic1ccc(C2(c3cn(Cc4ccccn4)c4ccccc34)CCOCC2)cc1. The van der Waals surface area contributed by atoms with Gasteiger partial charge in [-0.1, -0.05) is 36.4 Å². The summed E-state index contributed by atoms with van der Waals surface area (Å²) in [5.41, 5.74) is 5.13. The first-order chi connectivity index (χ1) is 14.3. The first-order valence-corrected chi connectivity index (χ1v) is 11.2. The van der Waals surface area contributed by atoms with E-state index >= 15 is 0 Å². The molecule has 5 rings (SSSR count). The summed E-state index contributed by atoms with van der Waals surface area (Å²) in [6, 6.07) is 23.9. The summed E-state index contributed by atoms with van der Waals surface area (Å²) in [7, 11) is 0. The highest BCUT2D eigenvalue weighted by Crippen LogP contribution is 2.45. The Morgan fingerprint density at radius 3 is 2.45 bits per heavy atom. The van der Waals surface area contributed by atoms with Crippen LogP contribution in [0.2, 0.25) is 0 Å². The van der Waals surface area contributed by atoms with Crippen molar-refractivity contribution in [3.63, 3.8) is 0 Å². The second-order valence-corrected chi connectivity index (χ2v) is 8.96. The highest BCUT2D eigenvalue weighted by Gasteiger charge is 2.38. The van der Waals surface area contributed by atoms with E-state index in [4.69, 9.17) is 4.74 Å². The molecule has 29 heavy (non-hydrogen) atoms. The van der Waals surface area contributed by atoms with Crippen LogP contribution < -0.4 is 0 Å². The lowest BCUT2D eigenvalue weighted by Crippen LogP contribution is -2.35. The van der Waals surface area contributed by atoms with Gasteiger partial charge >= 0.3 is 0 Å². The van der Waals surface area contributed by atoms with Gasteiger partial charge in [0, 0.05) is 45.5 Å². The number of pyridine rings is 1. The fourth-order valence-corrected chi connectivity index (χ4v) is 4.99. The number of rotatable bonds is 4. The number of aromatic nitrogens is 2. The molecule has 3 nitrogen and oxygen atoms in total. The van der Waals surface area contributed by atoms with Gasteiger partial charge in [-0.05, 0) is 76.9 Å². The van der Waals surface area contributed by atoms with Crippen LogP contribution in [0.1, 0.15) is 29.7 Å². The molecule has 146 valence electrons. The van der Waals surface area contributed by atoms with Crippen LogP contribution in [-0.4, -0.2) is 22.8 Å². The first-order valence-electron chi connectivity index (χ1n) is 10.1. The number of nitrogens with zero attached hydrogens (tertiary/aromatic N) is 2. The Balaban J connectivity index is 1.68. The smallest absolute Gasteiger partial charge is 0.0648 e. The number of ether oxygens (including phenoxy) is 1. The van der Waals surface area contributed by atoms with Crippen molar-refractivity contribution in [1.82, 2.24) is 9.55 Å². The van der Waals surface area contributed by atoms with E-state index in [2.05, 4.69) is 99.0 Å². The zero-order valence-corrected chi connectivity index (χ0v) is 18.4. The van der Waals surface area contributed by atoms with Crippen LogP contribution in [0, 0.1) is 3.57 Å². The zero-order chi connectivity index (χ0) is 19.7. The minimum Gasteiger partial charge on any atom is -0.381 e. The van der Waals surface area contributed by atoms with Gasteiger partial charge in [0.2, 0.25) is 0 Å². The van der Waals surface area contributed by atoms with Gasteiger partial charge in [0.15, 0.2) is 0 Å². The number of hydrogen-bond acceptors (Lipinski definition) is 2. The average Bonchev–Trinajstić information content (AvgIpc) is 3.14. The van der Waals surface area contributed by atoms with Crippen molar-refractivity contribution in [2.24, 2.45) is 0 Å². The molecule has 0 unspecified atom stereocenters. The molecule has 0 radical (unpaired) electrons. The number of benzene rings is 2. The zero-order valence-electron chi connectivity index (χ0n) is 16.2. The molecule has 0 N–H and O–H groups in total. The molecule has 0 bridgehead atoms. The normalized spacial score (nSPS) is 16.2. The van der Waals surface area contributed by atoms with E-state index in [1.54, 1.807) is 0 Å². The predicted molar refractivity (Wildman–Crippen MR) is 125 cm³/mol. The Bertz CT molecular complexity index is 1110. The molecule has 2 aromatic carbocycles. The van der Waals surface area contributed by atoms with E-state index < -0.39 is 0 Å². The molecule has 4 aromatic rings. The third kappa shape index (κ3) is 3.49. The van der Waals surface area contributed by atoms with Gasteiger partial charge in [0.05, 0.1) is 12.2 Å². The summed E-state index contributed by atoms with van der Waals surface area (Å²) in [4.78, 5) is 4.55. The van der Waals surface area contributed by atoms with Gasteiger partial charge in [0.1, 0.15) is 0 Å². The molecule has 0 amide bonds. The van der Waals surface area contributed by atoms with Crippen molar-refractivity contribution in [3.05, 3.63) is 99.5 Å². The van der Waals surface area contributed by atoms with Crippen LogP contribution in [-0.2, 0) is 16.7 Å². The number of halogens is 1. The van der Waals surface area contributed by atoms with Crippen molar-refractivity contribution in [2.75, 3.05) is 13.2 Å². The van der Waals surface area contributed by atoms with Crippen LogP contribution in [0.5, 0.6) is 0 Å². The van der Waals surface area contributed by atoms with Gasteiger partial charge in [-0.25, -0.2) is 0 Å². The summed E-state index contributed by atoms with van der Waals surface area (Å²) >= 11 is 2.38. The lowest BCUT2D eigenvalue weighted by Gasteiger charge is -2.38. The number of fused-ring (bicyclic) bond motifs is 1. The number of hydrogen-bond donors (Lipinski definition) is 0. The summed E-state index contributed by atoms with van der Waals surface area (Å²) in [6.07, 6.45) is 6.24. The summed E-state index contributed by atoms with van der Waals surface area (Å²) < 4.78 is 9.42. The van der Waals surface area contributed by atoms with E-state index in [1.165, 1.54) is 25.6 Å². The molecule has 0 aliphatic carbocycles. The third-order valence-corrected chi connectivity index (χ3v) is 6.82. The summed E-state index contributed by atoms with van der Waals surface area (Å²) in [5.74, 6) is 0. The van der Waals surface area contributed by atoms with Gasteiger partial charge in [0.25, 0.3) is 0 Å². The van der Waals surface area contributed by atoms with E-state index in [-0.39, 0.29) is 5.41 Å². The molecule has 1 saturated heterocycles. The number of para-hydroxylation sites is 1. The molecule has 0 atom stereocenters. The highest BCUT2D eigenvalue weighted by atomic mass is 127. The Labute approximate surface area is 184 Å². The van der Waals surface area contributed by atoms with Crippen LogP contribution in [0.15, 0.2) is 79.1 Å². The minimum absolute atomic E-state index is 0.0163. The molecule has 1 aliphatic heterocycles. The van der Waals surface area contributed by atoms with Crippen molar-refractivity contribution >= 4 is 33.5 Å². The highest BCUT2D eigenvalue weighted by molar-refractivity contribution is 14.1. The second-order valence-electron chi connectivity index (χ2n) is 7.71. The maximum absolute atomic E-state index is 5.79. The monoisotopic (exact) mass is 494 g/mol. The maximum atomic E-state index is 5.79. The van der Waals surface area contributed by atoms with E-state index in [9.17, 15) is 0 Å². The van der Waals surface area contributed by atoms with E-state index in [0.29, 0.717) is 0 Å². The fourth-order valence-electron chi connectivity index (χ4n) is 4.63. The Morgan fingerprint density at radius 2 is 1.69 bits per heavy atom. The molecule has 1 fully saturated rings. The predicted octanol–water partition coefficient (Wildman–Crippen LogP) is 5.79. The third-order valence-electron chi connectivity index (χ3n) is 6.11. The average molecular weight is 494 g/mol. The standard InChI is InChI=1S/C25H23IN2O/c26-20-10-8-19(9-11-20)25(12-15-29-16-13-25)23-18-28(17-21-5-3-4-14-27-21)24-7-2-1-6-22(23)24/h1-11,14,18H,12-13,15-17H2. The van der Waals surface area contributed by atoms with Crippen molar-refractivity contribution < 1.29 is 4.74 Å². The summed E-state index contributed by atoms with van der Waals surface area (Å²) in [6.45, 7) is 2.37. The molecule has 4 heteroatoms. The molecule has 1 aliphatic rings. The summed E-state index contributed by atoms with van der Waals surface area (Å²) in [5, 5.41) is 1.34. The van der Waals surface area contributed by atoms with Crippen LogP contribution in [0.3, 0.4) is 0 Å². The van der Waals surface area contributed by atoms with Crippen molar-refractivity contribution in [3.8, 4) is 0 Å². The Morgan fingerprint density at radius 1 is 0.931 bits per heavy atom. The first kappa shape index (κ1) is 18.8. The van der Waals surface area contributed by atoms with E-state index in [1.807, 2.05) is 12.3 Å². The molecular weight excluding hydrogens is 471 g/mol. The molecule has 0 spiro atoms.